The van der Waals surface area contributed by atoms with E-state index in [1.54, 1.807) is 13.1 Å². The number of hydrogen-bond donors (Lipinski definition) is 2. The molecule has 0 bridgehead atoms. The summed E-state index contributed by atoms with van der Waals surface area (Å²) >= 11 is 0. The van der Waals surface area contributed by atoms with Crippen LogP contribution in [-0.2, 0) is 0 Å². The number of carbonyl (C=O) groups excluding carboxylic acids is 1. The molecule has 1 amide bonds. The summed E-state index contributed by atoms with van der Waals surface area (Å²) in [5, 5.41) is 2.62. The number of carbonyl (C=O) groups is 1. The molecule has 0 aliphatic carbocycles. The Morgan fingerprint density at radius 3 is 2.48 bits per heavy atom. The molecule has 0 atom stereocenters. The minimum absolute atomic E-state index is 0.102. The van der Waals surface area contributed by atoms with Gasteiger partial charge in [0.1, 0.15) is 0 Å². The lowest BCUT2D eigenvalue weighted by atomic mass is 10.1. The van der Waals surface area contributed by atoms with Gasteiger partial charge in [-0.1, -0.05) is 13.8 Å². The Bertz CT molecular complexity index is 493. The average Bonchev–Trinajstić information content (AvgIpc) is 2.47. The Balaban J connectivity index is 2.02. The molecule has 1 aromatic rings. The Kier molecular flexibility index (Phi) is 5.07. The molecule has 5 nitrogen and oxygen atoms in total. The first-order chi connectivity index (χ1) is 10.0. The molecule has 1 fully saturated rings. The first kappa shape index (κ1) is 15.6. The minimum Gasteiger partial charge on any atom is -0.397 e. The monoisotopic (exact) mass is 290 g/mol. The van der Waals surface area contributed by atoms with Crippen molar-refractivity contribution in [1.29, 1.82) is 0 Å². The number of piperazine rings is 1. The molecule has 1 aromatic carbocycles. The normalized spacial score (nSPS) is 16.3. The van der Waals surface area contributed by atoms with Crippen molar-refractivity contribution in [1.82, 2.24) is 10.2 Å². The lowest BCUT2D eigenvalue weighted by Crippen LogP contribution is -2.47. The van der Waals surface area contributed by atoms with Crippen LogP contribution in [0.5, 0.6) is 0 Å². The zero-order valence-electron chi connectivity index (χ0n) is 13.2. The summed E-state index contributed by atoms with van der Waals surface area (Å²) < 4.78 is 0. The smallest absolute Gasteiger partial charge is 0.251 e. The molecule has 116 valence electrons. The van der Waals surface area contributed by atoms with Crippen molar-refractivity contribution in [3.63, 3.8) is 0 Å². The summed E-state index contributed by atoms with van der Waals surface area (Å²) in [6.07, 6.45) is 0. The number of nitrogens with two attached hydrogens (primary N) is 1. The number of rotatable bonds is 4. The highest BCUT2D eigenvalue weighted by molar-refractivity contribution is 5.96. The van der Waals surface area contributed by atoms with Gasteiger partial charge in [0.2, 0.25) is 0 Å². The third kappa shape index (κ3) is 3.88. The summed E-state index contributed by atoms with van der Waals surface area (Å²) in [5.74, 6) is 0.600. The number of anilines is 2. The van der Waals surface area contributed by atoms with Gasteiger partial charge in [-0.2, -0.15) is 0 Å². The van der Waals surface area contributed by atoms with E-state index in [9.17, 15) is 4.79 Å². The van der Waals surface area contributed by atoms with E-state index < -0.39 is 0 Å². The van der Waals surface area contributed by atoms with Crippen LogP contribution in [0, 0.1) is 5.92 Å². The number of nitrogens with zero attached hydrogens (tertiary/aromatic N) is 2. The Morgan fingerprint density at radius 2 is 1.95 bits per heavy atom. The quantitative estimate of drug-likeness (QED) is 0.823. The van der Waals surface area contributed by atoms with Crippen molar-refractivity contribution >= 4 is 17.3 Å². The lowest BCUT2D eigenvalue weighted by Gasteiger charge is -2.37. The zero-order chi connectivity index (χ0) is 15.4. The number of benzene rings is 1. The third-order valence-electron chi connectivity index (χ3n) is 3.85. The van der Waals surface area contributed by atoms with Crippen LogP contribution in [-0.4, -0.2) is 50.6 Å². The van der Waals surface area contributed by atoms with Gasteiger partial charge in [-0.25, -0.2) is 0 Å². The fraction of sp³-hybridized carbons (Fsp3) is 0.562. The van der Waals surface area contributed by atoms with Crippen molar-refractivity contribution in [3.8, 4) is 0 Å². The highest BCUT2D eigenvalue weighted by Crippen LogP contribution is 2.25. The highest BCUT2D eigenvalue weighted by atomic mass is 16.1. The molecule has 21 heavy (non-hydrogen) atoms. The van der Waals surface area contributed by atoms with E-state index in [1.807, 2.05) is 12.1 Å². The Labute approximate surface area is 127 Å². The van der Waals surface area contributed by atoms with Gasteiger partial charge in [0.15, 0.2) is 0 Å². The Morgan fingerprint density at radius 1 is 1.29 bits per heavy atom. The number of nitrogen functional groups attached to an aromatic ring is 1. The van der Waals surface area contributed by atoms with Crippen LogP contribution < -0.4 is 16.0 Å². The van der Waals surface area contributed by atoms with E-state index in [-0.39, 0.29) is 5.91 Å². The van der Waals surface area contributed by atoms with Gasteiger partial charge in [0.05, 0.1) is 11.4 Å². The molecule has 1 aliphatic heterocycles. The summed E-state index contributed by atoms with van der Waals surface area (Å²) in [4.78, 5) is 16.4. The van der Waals surface area contributed by atoms with Crippen molar-refractivity contribution in [2.24, 2.45) is 5.92 Å². The maximum Gasteiger partial charge on any atom is 0.251 e. The maximum absolute atomic E-state index is 11.6. The van der Waals surface area contributed by atoms with Crippen LogP contribution in [0.4, 0.5) is 11.4 Å². The first-order valence-electron chi connectivity index (χ1n) is 7.60. The van der Waals surface area contributed by atoms with E-state index in [0.717, 1.165) is 38.4 Å². The van der Waals surface area contributed by atoms with Crippen LogP contribution in [0.15, 0.2) is 18.2 Å². The molecule has 0 aromatic heterocycles. The highest BCUT2D eigenvalue weighted by Gasteiger charge is 2.19. The predicted molar refractivity (Wildman–Crippen MR) is 87.7 cm³/mol. The van der Waals surface area contributed by atoms with Crippen LogP contribution in [0.2, 0.25) is 0 Å². The average molecular weight is 290 g/mol. The topological polar surface area (TPSA) is 61.6 Å². The van der Waals surface area contributed by atoms with Gasteiger partial charge in [-0.05, 0) is 24.1 Å². The predicted octanol–water partition coefficient (Wildman–Crippen LogP) is 1.41. The van der Waals surface area contributed by atoms with Crippen molar-refractivity contribution in [3.05, 3.63) is 23.8 Å². The molecule has 1 heterocycles. The number of nitrogens with one attached hydrogen (secondary N) is 1. The van der Waals surface area contributed by atoms with Gasteiger partial charge >= 0.3 is 0 Å². The van der Waals surface area contributed by atoms with E-state index >= 15 is 0 Å². The minimum atomic E-state index is -0.102. The summed E-state index contributed by atoms with van der Waals surface area (Å²) in [6, 6.07) is 5.55. The molecule has 3 N–H and O–H groups in total. The van der Waals surface area contributed by atoms with Gasteiger partial charge in [-0.15, -0.1) is 0 Å². The van der Waals surface area contributed by atoms with Gasteiger partial charge in [0, 0.05) is 45.3 Å². The molecular weight excluding hydrogens is 264 g/mol. The molecule has 0 unspecified atom stereocenters. The van der Waals surface area contributed by atoms with Crippen molar-refractivity contribution in [2.75, 3.05) is 50.4 Å². The van der Waals surface area contributed by atoms with Crippen molar-refractivity contribution < 1.29 is 4.79 Å². The number of hydrogen-bond acceptors (Lipinski definition) is 4. The molecular formula is C16H26N4O. The third-order valence-corrected chi connectivity index (χ3v) is 3.85. The van der Waals surface area contributed by atoms with Crippen LogP contribution in [0.25, 0.3) is 0 Å². The molecule has 2 rings (SSSR count). The second-order valence-corrected chi connectivity index (χ2v) is 6.03. The SMILES string of the molecule is CNC(=O)c1ccc(N2CCN(CC(C)C)CC2)c(N)c1. The van der Waals surface area contributed by atoms with E-state index in [4.69, 9.17) is 5.73 Å². The molecule has 0 saturated carbocycles. The summed E-state index contributed by atoms with van der Waals surface area (Å²) in [5.41, 5.74) is 8.44. The summed E-state index contributed by atoms with van der Waals surface area (Å²) in [6.45, 7) is 9.75. The van der Waals surface area contributed by atoms with E-state index in [1.165, 1.54) is 0 Å². The molecule has 0 spiro atoms. The zero-order valence-corrected chi connectivity index (χ0v) is 13.2. The van der Waals surface area contributed by atoms with Gasteiger partial charge < -0.3 is 16.0 Å². The fourth-order valence-electron chi connectivity index (χ4n) is 2.82. The van der Waals surface area contributed by atoms with Crippen LogP contribution in [0.1, 0.15) is 24.2 Å². The molecule has 1 saturated heterocycles. The molecule has 0 radical (unpaired) electrons. The second kappa shape index (κ2) is 6.80. The summed E-state index contributed by atoms with van der Waals surface area (Å²) in [7, 11) is 1.63. The number of amides is 1. The standard InChI is InChI=1S/C16H26N4O/c1-12(2)11-19-6-8-20(9-7-19)15-5-4-13(10-14(15)17)16(21)18-3/h4-5,10,12H,6-9,11,17H2,1-3H3,(H,18,21). The van der Waals surface area contributed by atoms with Gasteiger partial charge in [0.25, 0.3) is 5.91 Å². The van der Waals surface area contributed by atoms with Crippen molar-refractivity contribution in [2.45, 2.75) is 13.8 Å². The van der Waals surface area contributed by atoms with Crippen LogP contribution >= 0.6 is 0 Å². The maximum atomic E-state index is 11.6. The van der Waals surface area contributed by atoms with E-state index in [2.05, 4.69) is 29.0 Å². The largest absolute Gasteiger partial charge is 0.397 e. The first-order valence-corrected chi connectivity index (χ1v) is 7.60. The Hall–Kier alpha value is -1.75. The van der Waals surface area contributed by atoms with Crippen LogP contribution in [0.3, 0.4) is 0 Å². The second-order valence-electron chi connectivity index (χ2n) is 6.03. The molecule has 5 heteroatoms. The molecule has 1 aliphatic rings. The van der Waals surface area contributed by atoms with E-state index in [0.29, 0.717) is 17.2 Å². The van der Waals surface area contributed by atoms with Gasteiger partial charge in [-0.3, -0.25) is 9.69 Å². The lowest BCUT2D eigenvalue weighted by molar-refractivity contribution is 0.0963. The fourth-order valence-corrected chi connectivity index (χ4v) is 2.82.